The van der Waals surface area contributed by atoms with E-state index in [1.54, 1.807) is 50.1 Å². The lowest BCUT2D eigenvalue weighted by Gasteiger charge is -2.14. The number of nitrogens with zero attached hydrogens (tertiary/aromatic N) is 2. The Kier molecular flexibility index (Phi) is 5.45. The standard InChI is InChI=1S/C18H20N2O2S/c1-19(2)17(21)13-9-11-14(12-10-13)23-16-8-6-5-7-15(16)18(22)20(3)4/h5-12H,1-4H3. The summed E-state index contributed by atoms with van der Waals surface area (Å²) < 4.78 is 0. The molecule has 0 aliphatic heterocycles. The van der Waals surface area contributed by atoms with E-state index in [-0.39, 0.29) is 11.8 Å². The van der Waals surface area contributed by atoms with Gasteiger partial charge >= 0.3 is 0 Å². The molecule has 0 radical (unpaired) electrons. The third kappa shape index (κ3) is 4.13. The van der Waals surface area contributed by atoms with Crippen molar-refractivity contribution in [2.24, 2.45) is 0 Å². The summed E-state index contributed by atoms with van der Waals surface area (Å²) in [5.74, 6) is -0.0442. The predicted molar refractivity (Wildman–Crippen MR) is 93.0 cm³/mol. The first-order chi connectivity index (χ1) is 10.9. The van der Waals surface area contributed by atoms with Gasteiger partial charge in [0.15, 0.2) is 0 Å². The summed E-state index contributed by atoms with van der Waals surface area (Å²) in [6.07, 6.45) is 0. The molecule has 0 aliphatic carbocycles. The molecule has 0 saturated carbocycles. The molecule has 0 saturated heterocycles. The molecule has 23 heavy (non-hydrogen) atoms. The van der Waals surface area contributed by atoms with E-state index >= 15 is 0 Å². The van der Waals surface area contributed by atoms with Gasteiger partial charge in [-0.05, 0) is 36.4 Å². The van der Waals surface area contributed by atoms with Crippen LogP contribution in [0.25, 0.3) is 0 Å². The van der Waals surface area contributed by atoms with Crippen molar-refractivity contribution < 1.29 is 9.59 Å². The van der Waals surface area contributed by atoms with Crippen molar-refractivity contribution >= 4 is 23.6 Å². The summed E-state index contributed by atoms with van der Waals surface area (Å²) >= 11 is 1.52. The molecule has 0 bridgehead atoms. The largest absolute Gasteiger partial charge is 0.345 e. The van der Waals surface area contributed by atoms with Gasteiger partial charge in [-0.1, -0.05) is 23.9 Å². The maximum atomic E-state index is 12.2. The summed E-state index contributed by atoms with van der Waals surface area (Å²) in [5.41, 5.74) is 1.33. The number of amides is 2. The molecule has 120 valence electrons. The smallest absolute Gasteiger partial charge is 0.254 e. The van der Waals surface area contributed by atoms with Gasteiger partial charge in [-0.2, -0.15) is 0 Å². The fourth-order valence-electron chi connectivity index (χ4n) is 2.02. The number of hydrogen-bond donors (Lipinski definition) is 0. The second-order valence-electron chi connectivity index (χ2n) is 5.52. The highest BCUT2D eigenvalue weighted by Crippen LogP contribution is 2.31. The van der Waals surface area contributed by atoms with Gasteiger partial charge < -0.3 is 9.80 Å². The first kappa shape index (κ1) is 17.1. The van der Waals surface area contributed by atoms with Gasteiger partial charge in [0.05, 0.1) is 5.56 Å². The third-order valence-electron chi connectivity index (χ3n) is 3.26. The molecule has 0 aromatic heterocycles. The van der Waals surface area contributed by atoms with Gasteiger partial charge in [-0.3, -0.25) is 9.59 Å². The Balaban J connectivity index is 2.23. The summed E-state index contributed by atoms with van der Waals surface area (Å²) in [6, 6.07) is 15.0. The zero-order valence-electron chi connectivity index (χ0n) is 13.7. The lowest BCUT2D eigenvalue weighted by Crippen LogP contribution is -2.22. The van der Waals surface area contributed by atoms with Crippen LogP contribution in [0.15, 0.2) is 58.3 Å². The van der Waals surface area contributed by atoms with E-state index in [0.717, 1.165) is 9.79 Å². The lowest BCUT2D eigenvalue weighted by atomic mass is 10.2. The molecule has 4 nitrogen and oxygen atoms in total. The van der Waals surface area contributed by atoms with Crippen molar-refractivity contribution in [3.8, 4) is 0 Å². The van der Waals surface area contributed by atoms with Crippen molar-refractivity contribution in [3.63, 3.8) is 0 Å². The molecular formula is C18H20N2O2S. The second-order valence-corrected chi connectivity index (χ2v) is 6.64. The molecule has 2 rings (SSSR count). The molecule has 0 aliphatic rings. The van der Waals surface area contributed by atoms with Crippen LogP contribution in [0.3, 0.4) is 0 Å². The Morgan fingerprint density at radius 1 is 0.783 bits per heavy atom. The van der Waals surface area contributed by atoms with Crippen LogP contribution in [0, 0.1) is 0 Å². The van der Waals surface area contributed by atoms with Crippen LogP contribution in [0.5, 0.6) is 0 Å². The van der Waals surface area contributed by atoms with Crippen molar-refractivity contribution in [2.75, 3.05) is 28.2 Å². The molecule has 2 aromatic carbocycles. The first-order valence-electron chi connectivity index (χ1n) is 7.20. The van der Waals surface area contributed by atoms with Crippen LogP contribution in [0.4, 0.5) is 0 Å². The van der Waals surface area contributed by atoms with Crippen molar-refractivity contribution in [3.05, 3.63) is 59.7 Å². The molecule has 0 heterocycles. The molecule has 0 unspecified atom stereocenters. The average molecular weight is 328 g/mol. The minimum Gasteiger partial charge on any atom is -0.345 e. The van der Waals surface area contributed by atoms with Crippen molar-refractivity contribution in [1.82, 2.24) is 9.80 Å². The van der Waals surface area contributed by atoms with E-state index in [1.807, 2.05) is 36.4 Å². The van der Waals surface area contributed by atoms with E-state index in [1.165, 1.54) is 11.8 Å². The Bertz CT molecular complexity index is 709. The minimum atomic E-state index is -0.0234. The van der Waals surface area contributed by atoms with Crippen LogP contribution in [-0.2, 0) is 0 Å². The average Bonchev–Trinajstić information content (AvgIpc) is 2.54. The molecule has 0 fully saturated rings. The first-order valence-corrected chi connectivity index (χ1v) is 8.02. The highest BCUT2D eigenvalue weighted by molar-refractivity contribution is 7.99. The molecule has 2 amide bonds. The number of hydrogen-bond acceptors (Lipinski definition) is 3. The van der Waals surface area contributed by atoms with E-state index < -0.39 is 0 Å². The van der Waals surface area contributed by atoms with E-state index in [4.69, 9.17) is 0 Å². The SMILES string of the molecule is CN(C)C(=O)c1ccc(Sc2ccccc2C(=O)N(C)C)cc1. The topological polar surface area (TPSA) is 40.6 Å². The molecule has 0 spiro atoms. The summed E-state index contributed by atoms with van der Waals surface area (Å²) in [4.78, 5) is 29.1. The van der Waals surface area contributed by atoms with Gasteiger partial charge in [-0.15, -0.1) is 0 Å². The van der Waals surface area contributed by atoms with Crippen molar-refractivity contribution in [2.45, 2.75) is 9.79 Å². The quantitative estimate of drug-likeness (QED) is 0.865. The highest BCUT2D eigenvalue weighted by Gasteiger charge is 2.14. The fraction of sp³-hybridized carbons (Fsp3) is 0.222. The van der Waals surface area contributed by atoms with E-state index in [9.17, 15) is 9.59 Å². The highest BCUT2D eigenvalue weighted by atomic mass is 32.2. The van der Waals surface area contributed by atoms with Crippen LogP contribution >= 0.6 is 11.8 Å². The van der Waals surface area contributed by atoms with Gasteiger partial charge in [0.1, 0.15) is 0 Å². The lowest BCUT2D eigenvalue weighted by molar-refractivity contribution is 0.0818. The Morgan fingerprint density at radius 3 is 1.91 bits per heavy atom. The number of benzene rings is 2. The normalized spacial score (nSPS) is 10.3. The van der Waals surface area contributed by atoms with Gasteiger partial charge in [0.25, 0.3) is 11.8 Å². The number of carbonyl (C=O) groups excluding carboxylic acids is 2. The number of rotatable bonds is 4. The molecule has 5 heteroatoms. The van der Waals surface area contributed by atoms with E-state index in [2.05, 4.69) is 0 Å². The Morgan fingerprint density at radius 2 is 1.35 bits per heavy atom. The molecular weight excluding hydrogens is 308 g/mol. The van der Waals surface area contributed by atoms with Gasteiger partial charge in [-0.25, -0.2) is 0 Å². The summed E-state index contributed by atoms with van der Waals surface area (Å²) in [5, 5.41) is 0. The molecule has 0 N–H and O–H groups in total. The Labute approximate surface area is 141 Å². The number of carbonyl (C=O) groups is 2. The van der Waals surface area contributed by atoms with Crippen molar-refractivity contribution in [1.29, 1.82) is 0 Å². The maximum absolute atomic E-state index is 12.2. The van der Waals surface area contributed by atoms with E-state index in [0.29, 0.717) is 11.1 Å². The monoisotopic (exact) mass is 328 g/mol. The third-order valence-corrected chi connectivity index (χ3v) is 4.34. The molecule has 0 atom stereocenters. The van der Waals surface area contributed by atoms with Crippen LogP contribution in [-0.4, -0.2) is 49.8 Å². The zero-order valence-corrected chi connectivity index (χ0v) is 14.6. The Hall–Kier alpha value is -2.27. The predicted octanol–water partition coefficient (Wildman–Crippen LogP) is 3.24. The molecule has 2 aromatic rings. The second kappa shape index (κ2) is 7.33. The van der Waals surface area contributed by atoms with Gasteiger partial charge in [0.2, 0.25) is 0 Å². The van der Waals surface area contributed by atoms with Crippen LogP contribution in [0.1, 0.15) is 20.7 Å². The van der Waals surface area contributed by atoms with Gasteiger partial charge in [0, 0.05) is 43.5 Å². The van der Waals surface area contributed by atoms with Crippen LogP contribution in [0.2, 0.25) is 0 Å². The zero-order chi connectivity index (χ0) is 17.0. The summed E-state index contributed by atoms with van der Waals surface area (Å²) in [7, 11) is 6.94. The maximum Gasteiger partial charge on any atom is 0.254 e. The van der Waals surface area contributed by atoms with Crippen LogP contribution < -0.4 is 0 Å². The fourth-order valence-corrected chi connectivity index (χ4v) is 2.96. The minimum absolute atomic E-state index is 0.0208. The summed E-state index contributed by atoms with van der Waals surface area (Å²) in [6.45, 7) is 0.